The molecule has 2 aliphatic rings. The summed E-state index contributed by atoms with van der Waals surface area (Å²) < 4.78 is 0. The summed E-state index contributed by atoms with van der Waals surface area (Å²) >= 11 is 0. The van der Waals surface area contributed by atoms with Crippen LogP contribution in [0.3, 0.4) is 0 Å². The van der Waals surface area contributed by atoms with E-state index in [4.69, 9.17) is 0 Å². The summed E-state index contributed by atoms with van der Waals surface area (Å²) in [7, 11) is 0. The molecule has 1 fully saturated rings. The van der Waals surface area contributed by atoms with Gasteiger partial charge in [0.2, 0.25) is 0 Å². The molecule has 0 spiro atoms. The number of nitrogens with zero attached hydrogens (tertiary/aromatic N) is 1. The van der Waals surface area contributed by atoms with Crippen LogP contribution in [0.25, 0.3) is 11.1 Å². The Morgan fingerprint density at radius 1 is 0.760 bits per heavy atom. The number of aliphatic hydroxyl groups is 1. The minimum Gasteiger partial charge on any atom is -0.392 e. The van der Waals surface area contributed by atoms with Crippen LogP contribution in [0.1, 0.15) is 23.1 Å². The third kappa shape index (κ3) is 1.98. The SMILES string of the molecule is OC1CCN(C2(c3ccccc3)c3ccccc3-c3ccccc32)C1. The second kappa shape index (κ2) is 5.55. The van der Waals surface area contributed by atoms with E-state index in [1.165, 1.54) is 27.8 Å². The van der Waals surface area contributed by atoms with Crippen LogP contribution in [0.15, 0.2) is 78.9 Å². The molecule has 1 saturated heterocycles. The zero-order valence-corrected chi connectivity index (χ0v) is 14.1. The number of hydrogen-bond donors (Lipinski definition) is 1. The summed E-state index contributed by atoms with van der Waals surface area (Å²) in [4.78, 5) is 2.47. The van der Waals surface area contributed by atoms with Gasteiger partial charge in [-0.05, 0) is 34.2 Å². The lowest BCUT2D eigenvalue weighted by Crippen LogP contribution is -2.46. The van der Waals surface area contributed by atoms with Crippen molar-refractivity contribution in [1.29, 1.82) is 0 Å². The number of hydrogen-bond acceptors (Lipinski definition) is 2. The predicted molar refractivity (Wildman–Crippen MR) is 100 cm³/mol. The molecule has 1 aliphatic heterocycles. The van der Waals surface area contributed by atoms with Gasteiger partial charge in [0.1, 0.15) is 0 Å². The van der Waals surface area contributed by atoms with Crippen LogP contribution in [0, 0.1) is 0 Å². The van der Waals surface area contributed by atoms with E-state index in [2.05, 4.69) is 83.8 Å². The molecule has 2 nitrogen and oxygen atoms in total. The second-order valence-electron chi connectivity index (χ2n) is 7.06. The zero-order chi connectivity index (χ0) is 16.9. The van der Waals surface area contributed by atoms with Gasteiger partial charge in [0.15, 0.2) is 0 Å². The van der Waals surface area contributed by atoms with Crippen LogP contribution < -0.4 is 0 Å². The maximum Gasteiger partial charge on any atom is 0.0985 e. The van der Waals surface area contributed by atoms with Crippen molar-refractivity contribution in [1.82, 2.24) is 4.90 Å². The van der Waals surface area contributed by atoms with Crippen LogP contribution in [0.2, 0.25) is 0 Å². The number of likely N-dealkylation sites (tertiary alicyclic amines) is 1. The molecule has 1 N–H and O–H groups in total. The van der Waals surface area contributed by atoms with Gasteiger partial charge in [-0.15, -0.1) is 0 Å². The monoisotopic (exact) mass is 327 g/mol. The Morgan fingerprint density at radius 3 is 1.88 bits per heavy atom. The van der Waals surface area contributed by atoms with E-state index in [-0.39, 0.29) is 11.6 Å². The third-order valence-electron chi connectivity index (χ3n) is 5.75. The Morgan fingerprint density at radius 2 is 1.32 bits per heavy atom. The first-order valence-corrected chi connectivity index (χ1v) is 9.00. The molecule has 0 aromatic heterocycles. The predicted octanol–water partition coefficient (Wildman–Crippen LogP) is 4.03. The third-order valence-corrected chi connectivity index (χ3v) is 5.75. The number of benzene rings is 3. The van der Waals surface area contributed by atoms with Gasteiger partial charge in [-0.2, -0.15) is 0 Å². The molecule has 5 rings (SSSR count). The van der Waals surface area contributed by atoms with Crippen LogP contribution in [0.4, 0.5) is 0 Å². The summed E-state index contributed by atoms with van der Waals surface area (Å²) in [6.45, 7) is 1.61. The molecule has 2 heteroatoms. The lowest BCUT2D eigenvalue weighted by Gasteiger charge is -2.41. The molecule has 0 radical (unpaired) electrons. The summed E-state index contributed by atoms with van der Waals surface area (Å²) in [5.41, 5.74) is 6.24. The molecule has 1 atom stereocenters. The van der Waals surface area contributed by atoms with Crippen molar-refractivity contribution in [3.05, 3.63) is 95.6 Å². The molecule has 0 saturated carbocycles. The largest absolute Gasteiger partial charge is 0.392 e. The maximum absolute atomic E-state index is 10.3. The van der Waals surface area contributed by atoms with Crippen molar-refractivity contribution >= 4 is 0 Å². The molecule has 1 unspecified atom stereocenters. The zero-order valence-electron chi connectivity index (χ0n) is 14.1. The van der Waals surface area contributed by atoms with Gasteiger partial charge in [-0.25, -0.2) is 0 Å². The first-order valence-electron chi connectivity index (χ1n) is 9.00. The van der Waals surface area contributed by atoms with Gasteiger partial charge in [0.25, 0.3) is 0 Å². The van der Waals surface area contributed by atoms with Crippen LogP contribution in [-0.2, 0) is 5.54 Å². The molecular formula is C23H21NO. The Balaban J connectivity index is 1.87. The Labute approximate surface area is 148 Å². The molecule has 1 heterocycles. The van der Waals surface area contributed by atoms with E-state index in [0.29, 0.717) is 6.54 Å². The van der Waals surface area contributed by atoms with Gasteiger partial charge >= 0.3 is 0 Å². The minimum atomic E-state index is -0.314. The quantitative estimate of drug-likeness (QED) is 0.768. The summed E-state index contributed by atoms with van der Waals surface area (Å²) in [6.07, 6.45) is 0.583. The fraction of sp³-hybridized carbons (Fsp3) is 0.217. The highest BCUT2D eigenvalue weighted by molar-refractivity contribution is 5.83. The minimum absolute atomic E-state index is 0.250. The smallest absolute Gasteiger partial charge is 0.0985 e. The van der Waals surface area contributed by atoms with E-state index in [0.717, 1.165) is 13.0 Å². The topological polar surface area (TPSA) is 23.5 Å². The van der Waals surface area contributed by atoms with E-state index >= 15 is 0 Å². The molecule has 3 aromatic carbocycles. The molecule has 0 amide bonds. The lowest BCUT2D eigenvalue weighted by molar-refractivity contribution is 0.143. The summed E-state index contributed by atoms with van der Waals surface area (Å²) in [5.74, 6) is 0. The van der Waals surface area contributed by atoms with Crippen LogP contribution >= 0.6 is 0 Å². The van der Waals surface area contributed by atoms with Crippen LogP contribution in [0.5, 0.6) is 0 Å². The molecule has 25 heavy (non-hydrogen) atoms. The van der Waals surface area contributed by atoms with Crippen molar-refractivity contribution in [2.45, 2.75) is 18.1 Å². The highest BCUT2D eigenvalue weighted by Gasteiger charge is 2.50. The summed E-state index contributed by atoms with van der Waals surface area (Å²) in [6, 6.07) is 28.2. The van der Waals surface area contributed by atoms with Gasteiger partial charge < -0.3 is 5.11 Å². The van der Waals surface area contributed by atoms with Gasteiger partial charge in [0, 0.05) is 13.1 Å². The highest BCUT2D eigenvalue weighted by atomic mass is 16.3. The van der Waals surface area contributed by atoms with Gasteiger partial charge in [0.05, 0.1) is 11.6 Å². The standard InChI is InChI=1S/C23H21NO/c25-18-14-15-24(16-18)23(17-8-2-1-3-9-17)21-12-6-4-10-19(21)20-11-5-7-13-22(20)23/h1-13,18,25H,14-16H2. The number of β-amino-alcohol motifs (C(OH)–C–C–N with tert-alkyl or cyclic N) is 1. The number of rotatable bonds is 2. The lowest BCUT2D eigenvalue weighted by atomic mass is 9.79. The average molecular weight is 327 g/mol. The second-order valence-corrected chi connectivity index (χ2v) is 7.06. The van der Waals surface area contributed by atoms with Crippen molar-refractivity contribution in [2.24, 2.45) is 0 Å². The van der Waals surface area contributed by atoms with E-state index in [9.17, 15) is 5.11 Å². The van der Waals surface area contributed by atoms with Crippen molar-refractivity contribution in [3.8, 4) is 11.1 Å². The Hall–Kier alpha value is -2.42. The number of fused-ring (bicyclic) bond motifs is 3. The van der Waals surface area contributed by atoms with E-state index in [1.54, 1.807) is 0 Å². The van der Waals surface area contributed by atoms with Crippen molar-refractivity contribution in [2.75, 3.05) is 13.1 Å². The highest BCUT2D eigenvalue weighted by Crippen LogP contribution is 2.54. The Bertz CT molecular complexity index is 873. The van der Waals surface area contributed by atoms with E-state index in [1.807, 2.05) is 0 Å². The van der Waals surface area contributed by atoms with Gasteiger partial charge in [-0.3, -0.25) is 4.90 Å². The van der Waals surface area contributed by atoms with Crippen molar-refractivity contribution in [3.63, 3.8) is 0 Å². The molecule has 124 valence electrons. The normalized spacial score (nSPS) is 21.1. The molecular weight excluding hydrogens is 306 g/mol. The molecule has 1 aliphatic carbocycles. The first kappa shape index (κ1) is 14.9. The molecule has 3 aromatic rings. The maximum atomic E-state index is 10.3. The Kier molecular flexibility index (Phi) is 3.30. The fourth-order valence-electron chi connectivity index (χ4n) is 4.77. The van der Waals surface area contributed by atoms with Crippen molar-refractivity contribution < 1.29 is 5.11 Å². The fourth-order valence-corrected chi connectivity index (χ4v) is 4.77. The van der Waals surface area contributed by atoms with E-state index < -0.39 is 0 Å². The first-order chi connectivity index (χ1) is 12.3. The molecule has 0 bridgehead atoms. The van der Waals surface area contributed by atoms with Gasteiger partial charge in [-0.1, -0.05) is 78.9 Å². The van der Waals surface area contributed by atoms with Crippen LogP contribution in [-0.4, -0.2) is 29.2 Å². The average Bonchev–Trinajstić information content (AvgIpc) is 3.23. The summed E-state index contributed by atoms with van der Waals surface area (Å²) in [5, 5.41) is 10.3. The number of aliphatic hydroxyl groups excluding tert-OH is 1.